The molecule has 4 aromatic rings. The summed E-state index contributed by atoms with van der Waals surface area (Å²) in [7, 11) is 0. The highest BCUT2D eigenvalue weighted by molar-refractivity contribution is 6.38. The van der Waals surface area contributed by atoms with E-state index in [9.17, 15) is 40.7 Å². The Hall–Kier alpha value is -4.77. The summed E-state index contributed by atoms with van der Waals surface area (Å²) < 4.78 is 90.9. The molecule has 61 heavy (non-hydrogen) atoms. The molecule has 0 spiro atoms. The molecule has 20 heteroatoms. The largest absolute Gasteiger partial charge is 0.486 e. The summed E-state index contributed by atoms with van der Waals surface area (Å²) >= 11 is 24.5. The highest BCUT2D eigenvalue weighted by Gasteiger charge is 2.33. The molecule has 2 fully saturated rings. The van der Waals surface area contributed by atoms with Crippen molar-refractivity contribution >= 4 is 75.6 Å². The molecule has 6 rings (SSSR count). The molecule has 0 bridgehead atoms. The lowest BCUT2D eigenvalue weighted by Crippen LogP contribution is -2.29. The third kappa shape index (κ3) is 13.9. The lowest BCUT2D eigenvalue weighted by atomic mass is 9.93. The van der Waals surface area contributed by atoms with Gasteiger partial charge in [-0.15, -0.1) is 0 Å². The predicted molar refractivity (Wildman–Crippen MR) is 218 cm³/mol. The third-order valence-electron chi connectivity index (χ3n) is 9.43. The second-order valence-electron chi connectivity index (χ2n) is 14.3. The molecule has 328 valence electrons. The number of rotatable bonds is 15. The Kier molecular flexibility index (Phi) is 15.8. The quantitative estimate of drug-likeness (QED) is 0.0735. The number of ether oxygens (including phenoxy) is 2. The second kappa shape index (κ2) is 20.4. The van der Waals surface area contributed by atoms with Crippen LogP contribution in [-0.2, 0) is 41.6 Å². The maximum atomic E-state index is 13.3. The van der Waals surface area contributed by atoms with Gasteiger partial charge >= 0.3 is 24.3 Å². The molecule has 2 saturated carbocycles. The molecule has 0 saturated heterocycles. The molecule has 2 aliphatic carbocycles. The molecule has 1 amide bonds. The minimum atomic E-state index is -4.52. The summed E-state index contributed by atoms with van der Waals surface area (Å²) in [5.41, 5.74) is 0.145. The molecular weight excluding hydrogens is 902 g/mol. The van der Waals surface area contributed by atoms with E-state index >= 15 is 0 Å². The van der Waals surface area contributed by atoms with Crippen LogP contribution in [0.25, 0.3) is 0 Å². The molecule has 4 aromatic carbocycles. The summed E-state index contributed by atoms with van der Waals surface area (Å²) in [5, 5.41) is 26.0. The number of carboxylic acid groups (broad SMARTS) is 2. The summed E-state index contributed by atoms with van der Waals surface area (Å²) in [5.74, 6) is -2.88. The van der Waals surface area contributed by atoms with Crippen LogP contribution in [0.5, 0.6) is 11.5 Å². The van der Waals surface area contributed by atoms with Crippen LogP contribution in [0.15, 0.2) is 60.7 Å². The summed E-state index contributed by atoms with van der Waals surface area (Å²) in [6, 6.07) is 12.9. The Morgan fingerprint density at radius 1 is 0.590 bits per heavy atom. The van der Waals surface area contributed by atoms with E-state index in [1.165, 1.54) is 24.3 Å². The first-order chi connectivity index (χ1) is 28.6. The number of carboxylic acids is 2. The van der Waals surface area contributed by atoms with E-state index in [0.29, 0.717) is 22.5 Å². The van der Waals surface area contributed by atoms with E-state index in [0.717, 1.165) is 62.8 Å². The second-order valence-corrected chi connectivity index (χ2v) is 15.9. The highest BCUT2D eigenvalue weighted by Crippen LogP contribution is 2.39. The first-order valence-electron chi connectivity index (χ1n) is 18.5. The van der Waals surface area contributed by atoms with Crippen molar-refractivity contribution in [3.63, 3.8) is 0 Å². The van der Waals surface area contributed by atoms with Crippen LogP contribution in [0, 0.1) is 0 Å². The van der Waals surface area contributed by atoms with Gasteiger partial charge in [0.2, 0.25) is 0 Å². The van der Waals surface area contributed by atoms with Gasteiger partial charge in [0.05, 0.1) is 37.6 Å². The predicted octanol–water partition coefficient (Wildman–Crippen LogP) is 11.6. The number of carbonyl (C=O) groups is 3. The molecule has 0 aromatic heterocycles. The number of amides is 1. The van der Waals surface area contributed by atoms with Gasteiger partial charge in [-0.1, -0.05) is 46.4 Å². The van der Waals surface area contributed by atoms with E-state index in [-0.39, 0.29) is 74.4 Å². The smallest absolute Gasteiger partial charge is 0.416 e. The normalized spacial score (nSPS) is 14.1. The Balaban J connectivity index is 0.000000232. The monoisotopic (exact) mass is 937 g/mol. The van der Waals surface area contributed by atoms with Crippen LogP contribution in [0.2, 0.25) is 20.1 Å². The van der Waals surface area contributed by atoms with Gasteiger partial charge in [0.15, 0.2) is 11.5 Å². The van der Waals surface area contributed by atoms with E-state index < -0.39 is 47.9 Å². The van der Waals surface area contributed by atoms with Crippen molar-refractivity contribution < 1.29 is 60.4 Å². The number of aliphatic carboxylic acids is 2. The molecule has 0 radical (unpaired) electrons. The number of hydrogen-bond donors (Lipinski definition) is 5. The van der Waals surface area contributed by atoms with E-state index in [2.05, 4.69) is 16.0 Å². The Morgan fingerprint density at radius 2 is 1.00 bits per heavy atom. The van der Waals surface area contributed by atoms with E-state index in [1.807, 2.05) is 0 Å². The molecule has 0 aliphatic heterocycles. The first kappa shape index (κ1) is 47.3. The van der Waals surface area contributed by atoms with Crippen molar-refractivity contribution in [3.05, 3.63) is 114 Å². The SMILES string of the molecule is O=C(O)CNC(=O)c1cc(Cl)c(OCc2cc(NC3CCC3)cc(C(F)(F)F)c2)c(Cl)c1.O=C(O)Cc1cc(Cl)c(OCc2cc(NC3CCC3)cc(C(F)(F)F)c2)c(Cl)c1. The van der Waals surface area contributed by atoms with Gasteiger partial charge in [-0.05, 0) is 116 Å². The van der Waals surface area contributed by atoms with Crippen LogP contribution >= 0.6 is 46.4 Å². The number of anilines is 2. The van der Waals surface area contributed by atoms with Gasteiger partial charge < -0.3 is 35.6 Å². The molecule has 10 nitrogen and oxygen atoms in total. The lowest BCUT2D eigenvalue weighted by Gasteiger charge is -2.28. The Morgan fingerprint density at radius 3 is 1.34 bits per heavy atom. The molecule has 0 atom stereocenters. The molecular formula is C41H37Cl4F6N3O7. The van der Waals surface area contributed by atoms with Gasteiger partial charge in [0, 0.05) is 29.0 Å². The zero-order valence-electron chi connectivity index (χ0n) is 31.7. The molecule has 5 N–H and O–H groups in total. The highest BCUT2D eigenvalue weighted by atomic mass is 35.5. The van der Waals surface area contributed by atoms with Crippen molar-refractivity contribution in [1.82, 2.24) is 5.32 Å². The van der Waals surface area contributed by atoms with Gasteiger partial charge in [0.25, 0.3) is 5.91 Å². The molecule has 2 aliphatic rings. The number of nitrogens with one attached hydrogen (secondary N) is 3. The maximum absolute atomic E-state index is 13.3. The fourth-order valence-corrected chi connectivity index (χ4v) is 7.28. The average molecular weight is 940 g/mol. The van der Waals surface area contributed by atoms with Crippen LogP contribution in [-0.4, -0.2) is 46.7 Å². The average Bonchev–Trinajstić information content (AvgIpc) is 3.12. The topological polar surface area (TPSA) is 146 Å². The van der Waals surface area contributed by atoms with Crippen molar-refractivity contribution in [2.75, 3.05) is 17.2 Å². The zero-order chi connectivity index (χ0) is 44.6. The van der Waals surface area contributed by atoms with Gasteiger partial charge in [-0.2, -0.15) is 26.3 Å². The van der Waals surface area contributed by atoms with E-state index in [1.54, 1.807) is 12.1 Å². The number of carbonyl (C=O) groups excluding carboxylic acids is 1. The minimum Gasteiger partial charge on any atom is -0.486 e. The van der Waals surface area contributed by atoms with Crippen molar-refractivity contribution in [3.8, 4) is 11.5 Å². The lowest BCUT2D eigenvalue weighted by molar-refractivity contribution is -0.138. The van der Waals surface area contributed by atoms with Crippen molar-refractivity contribution in [2.45, 2.75) is 82.6 Å². The standard InChI is InChI=1S/C21H19Cl2F3N2O4.C20H18Cl2F3NO3/c22-16-6-12(20(31)27-9-18(29)30)7-17(23)19(16)32-10-11-4-13(21(24,25)26)8-15(5-11)28-14-2-1-3-14;21-16-6-11(8-18(27)28)7-17(22)19(16)29-10-12-4-13(20(23,24)25)9-15(5-12)26-14-2-1-3-14/h4-8,14,28H,1-3,9-10H2,(H,27,31)(H,29,30);4-7,9,14,26H,1-3,8,10H2,(H,27,28). The number of alkyl halides is 6. The van der Waals surface area contributed by atoms with Crippen molar-refractivity contribution in [1.29, 1.82) is 0 Å². The summed E-state index contributed by atoms with van der Waals surface area (Å²) in [6.07, 6.45) is -3.52. The number of benzene rings is 4. The Labute approximate surface area is 365 Å². The first-order valence-corrected chi connectivity index (χ1v) is 20.1. The van der Waals surface area contributed by atoms with Crippen LogP contribution in [0.4, 0.5) is 37.7 Å². The minimum absolute atomic E-state index is 0.00553. The number of halogens is 10. The summed E-state index contributed by atoms with van der Waals surface area (Å²) in [6.45, 7) is -1.01. The number of hydrogen-bond acceptors (Lipinski definition) is 7. The summed E-state index contributed by atoms with van der Waals surface area (Å²) in [4.78, 5) is 33.4. The third-order valence-corrected chi connectivity index (χ3v) is 10.6. The maximum Gasteiger partial charge on any atom is 0.416 e. The fraction of sp³-hybridized carbons (Fsp3) is 0.341. The van der Waals surface area contributed by atoms with Crippen molar-refractivity contribution in [2.24, 2.45) is 0 Å². The van der Waals surface area contributed by atoms with Gasteiger partial charge in [0.1, 0.15) is 19.8 Å². The van der Waals surface area contributed by atoms with Gasteiger partial charge in [-0.3, -0.25) is 14.4 Å². The zero-order valence-corrected chi connectivity index (χ0v) is 34.7. The van der Waals surface area contributed by atoms with E-state index in [4.69, 9.17) is 66.1 Å². The molecule has 0 unspecified atom stereocenters. The van der Waals surface area contributed by atoms with Crippen LogP contribution < -0.4 is 25.4 Å². The van der Waals surface area contributed by atoms with Gasteiger partial charge in [-0.25, -0.2) is 0 Å². The van der Waals surface area contributed by atoms with Crippen LogP contribution in [0.3, 0.4) is 0 Å². The molecule has 0 heterocycles. The Bertz CT molecular complexity index is 2210. The van der Waals surface area contributed by atoms with Crippen LogP contribution in [0.1, 0.15) is 76.7 Å². The fourth-order valence-electron chi connectivity index (χ4n) is 6.05.